The molecule has 140 valence electrons. The Kier molecular flexibility index (Phi) is 7.37. The second-order valence-corrected chi connectivity index (χ2v) is 6.32. The molecule has 4 heteroatoms. The maximum Gasteiger partial charge on any atom is 0.347 e. The van der Waals surface area contributed by atoms with Gasteiger partial charge in [0.25, 0.3) is 0 Å². The Morgan fingerprint density at radius 1 is 0.962 bits per heavy atom. The lowest BCUT2D eigenvalue weighted by Crippen LogP contribution is -2.43. The van der Waals surface area contributed by atoms with E-state index in [1.165, 1.54) is 0 Å². The van der Waals surface area contributed by atoms with Gasteiger partial charge in [0, 0.05) is 6.04 Å². The van der Waals surface area contributed by atoms with Crippen molar-refractivity contribution >= 4 is 5.97 Å². The Morgan fingerprint density at radius 3 is 1.81 bits per heavy atom. The maximum atomic E-state index is 13.0. The molecule has 2 rings (SSSR count). The zero-order chi connectivity index (χ0) is 19.0. The van der Waals surface area contributed by atoms with Crippen LogP contribution in [0.1, 0.15) is 38.3 Å². The molecule has 2 aromatic carbocycles. The molecule has 0 heterocycles. The number of likely N-dealkylation sites (N-methyl/N-ethyl adjacent to an activating group) is 1. The third-order valence-electron chi connectivity index (χ3n) is 4.89. The highest BCUT2D eigenvalue weighted by atomic mass is 16.6. The SMILES string of the molecule is CCC(COC(=O)C(O)(c1ccccc1)c1ccccc1)N(CC)CC. The van der Waals surface area contributed by atoms with E-state index in [2.05, 4.69) is 25.7 Å². The van der Waals surface area contributed by atoms with Gasteiger partial charge in [0.1, 0.15) is 6.61 Å². The van der Waals surface area contributed by atoms with Crippen molar-refractivity contribution in [1.82, 2.24) is 4.90 Å². The second kappa shape index (κ2) is 9.51. The third-order valence-corrected chi connectivity index (χ3v) is 4.89. The number of rotatable bonds is 9. The third kappa shape index (κ3) is 4.32. The summed E-state index contributed by atoms with van der Waals surface area (Å²) in [6, 6.07) is 18.1. The minimum atomic E-state index is -1.82. The van der Waals surface area contributed by atoms with Crippen molar-refractivity contribution in [2.24, 2.45) is 0 Å². The summed E-state index contributed by atoms with van der Waals surface area (Å²) in [6.45, 7) is 8.33. The Hall–Kier alpha value is -2.17. The van der Waals surface area contributed by atoms with Crippen molar-refractivity contribution < 1.29 is 14.6 Å². The summed E-state index contributed by atoms with van der Waals surface area (Å²) in [4.78, 5) is 15.3. The van der Waals surface area contributed by atoms with Gasteiger partial charge in [0.15, 0.2) is 0 Å². The first-order chi connectivity index (χ1) is 12.6. The van der Waals surface area contributed by atoms with Crippen LogP contribution in [0.2, 0.25) is 0 Å². The van der Waals surface area contributed by atoms with E-state index in [0.717, 1.165) is 19.5 Å². The summed E-state index contributed by atoms with van der Waals surface area (Å²) < 4.78 is 5.62. The molecule has 0 aromatic heterocycles. The van der Waals surface area contributed by atoms with Gasteiger partial charge < -0.3 is 9.84 Å². The summed E-state index contributed by atoms with van der Waals surface area (Å²) >= 11 is 0. The molecule has 2 aromatic rings. The molecule has 0 aliphatic heterocycles. The quantitative estimate of drug-likeness (QED) is 0.699. The monoisotopic (exact) mass is 355 g/mol. The summed E-state index contributed by atoms with van der Waals surface area (Å²) in [5.41, 5.74) is -0.802. The topological polar surface area (TPSA) is 49.8 Å². The first-order valence-electron chi connectivity index (χ1n) is 9.32. The Bertz CT molecular complexity index is 629. The molecule has 0 saturated heterocycles. The van der Waals surface area contributed by atoms with Crippen LogP contribution >= 0.6 is 0 Å². The number of hydrogen-bond acceptors (Lipinski definition) is 4. The fourth-order valence-electron chi connectivity index (χ4n) is 3.26. The number of benzene rings is 2. The molecule has 0 aliphatic rings. The van der Waals surface area contributed by atoms with Gasteiger partial charge in [-0.15, -0.1) is 0 Å². The number of esters is 1. The molecule has 0 aliphatic carbocycles. The van der Waals surface area contributed by atoms with Crippen LogP contribution in [0.15, 0.2) is 60.7 Å². The zero-order valence-corrected chi connectivity index (χ0v) is 15.9. The molecular weight excluding hydrogens is 326 g/mol. The highest BCUT2D eigenvalue weighted by Gasteiger charge is 2.41. The number of aliphatic hydroxyl groups is 1. The molecule has 26 heavy (non-hydrogen) atoms. The van der Waals surface area contributed by atoms with Gasteiger partial charge in [-0.3, -0.25) is 4.90 Å². The van der Waals surface area contributed by atoms with Crippen molar-refractivity contribution in [3.63, 3.8) is 0 Å². The van der Waals surface area contributed by atoms with E-state index in [0.29, 0.717) is 11.1 Å². The van der Waals surface area contributed by atoms with Gasteiger partial charge in [0.2, 0.25) is 5.60 Å². The van der Waals surface area contributed by atoms with Crippen LogP contribution < -0.4 is 0 Å². The van der Waals surface area contributed by atoms with Gasteiger partial charge in [-0.2, -0.15) is 0 Å². The van der Waals surface area contributed by atoms with Crippen molar-refractivity contribution in [2.45, 2.75) is 38.8 Å². The average Bonchev–Trinajstić information content (AvgIpc) is 2.71. The molecular formula is C22H29NO3. The van der Waals surface area contributed by atoms with Crippen molar-refractivity contribution in [3.05, 3.63) is 71.8 Å². The number of hydrogen-bond donors (Lipinski definition) is 1. The van der Waals surface area contributed by atoms with E-state index in [9.17, 15) is 9.90 Å². The number of nitrogens with zero attached hydrogens (tertiary/aromatic N) is 1. The van der Waals surface area contributed by atoms with E-state index in [1.54, 1.807) is 48.5 Å². The smallest absolute Gasteiger partial charge is 0.347 e. The van der Waals surface area contributed by atoms with Crippen LogP contribution in [0.4, 0.5) is 0 Å². The molecule has 0 fully saturated rings. The van der Waals surface area contributed by atoms with Crippen LogP contribution in [-0.2, 0) is 15.1 Å². The van der Waals surface area contributed by atoms with Crippen LogP contribution in [0.3, 0.4) is 0 Å². The number of ether oxygens (including phenoxy) is 1. The lowest BCUT2D eigenvalue weighted by Gasteiger charge is -2.31. The van der Waals surface area contributed by atoms with E-state index in [-0.39, 0.29) is 12.6 Å². The van der Waals surface area contributed by atoms with Crippen molar-refractivity contribution in [3.8, 4) is 0 Å². The average molecular weight is 355 g/mol. The van der Waals surface area contributed by atoms with Gasteiger partial charge in [-0.05, 0) is 30.6 Å². The lowest BCUT2D eigenvalue weighted by atomic mass is 9.86. The predicted molar refractivity (Wildman–Crippen MR) is 104 cm³/mol. The lowest BCUT2D eigenvalue weighted by molar-refractivity contribution is -0.164. The van der Waals surface area contributed by atoms with E-state index in [1.807, 2.05) is 12.1 Å². The molecule has 1 unspecified atom stereocenters. The first kappa shape index (κ1) is 20.1. The second-order valence-electron chi connectivity index (χ2n) is 6.32. The van der Waals surface area contributed by atoms with Gasteiger partial charge in [-0.25, -0.2) is 4.79 Å². The van der Waals surface area contributed by atoms with E-state index < -0.39 is 11.6 Å². The highest BCUT2D eigenvalue weighted by molar-refractivity contribution is 5.85. The maximum absolute atomic E-state index is 13.0. The fourth-order valence-corrected chi connectivity index (χ4v) is 3.26. The number of carbonyl (C=O) groups excluding carboxylic acids is 1. The summed E-state index contributed by atoms with van der Waals surface area (Å²) in [5.74, 6) is -0.638. The molecule has 0 radical (unpaired) electrons. The molecule has 1 atom stereocenters. The Labute approximate surface area is 156 Å². The predicted octanol–water partition coefficient (Wildman–Crippen LogP) is 3.59. The van der Waals surface area contributed by atoms with Gasteiger partial charge >= 0.3 is 5.97 Å². The van der Waals surface area contributed by atoms with Crippen LogP contribution in [0.5, 0.6) is 0 Å². The standard InChI is InChI=1S/C22H29NO3/c1-4-20(23(5-2)6-3)17-26-21(24)22(25,18-13-9-7-10-14-18)19-15-11-8-12-16-19/h7-16,20,25H,4-6,17H2,1-3H3. The minimum Gasteiger partial charge on any atom is -0.461 e. The highest BCUT2D eigenvalue weighted by Crippen LogP contribution is 2.31. The Morgan fingerprint density at radius 2 is 1.42 bits per heavy atom. The fraction of sp³-hybridized carbons (Fsp3) is 0.409. The molecule has 0 bridgehead atoms. The van der Waals surface area contributed by atoms with Crippen LogP contribution in [-0.4, -0.2) is 41.7 Å². The summed E-state index contributed by atoms with van der Waals surface area (Å²) in [7, 11) is 0. The first-order valence-corrected chi connectivity index (χ1v) is 9.32. The number of carbonyl (C=O) groups is 1. The molecule has 0 saturated carbocycles. The zero-order valence-electron chi connectivity index (χ0n) is 15.9. The summed E-state index contributed by atoms with van der Waals surface area (Å²) in [5, 5.41) is 11.4. The largest absolute Gasteiger partial charge is 0.461 e. The molecule has 4 nitrogen and oxygen atoms in total. The van der Waals surface area contributed by atoms with Gasteiger partial charge in [-0.1, -0.05) is 81.4 Å². The van der Waals surface area contributed by atoms with Crippen molar-refractivity contribution in [2.75, 3.05) is 19.7 Å². The van der Waals surface area contributed by atoms with E-state index >= 15 is 0 Å². The molecule has 1 N–H and O–H groups in total. The summed E-state index contributed by atoms with van der Waals surface area (Å²) in [6.07, 6.45) is 0.879. The van der Waals surface area contributed by atoms with Gasteiger partial charge in [0.05, 0.1) is 0 Å². The molecule has 0 spiro atoms. The molecule has 0 amide bonds. The van der Waals surface area contributed by atoms with Crippen molar-refractivity contribution in [1.29, 1.82) is 0 Å². The van der Waals surface area contributed by atoms with E-state index in [4.69, 9.17) is 4.74 Å². The minimum absolute atomic E-state index is 0.143. The van der Waals surface area contributed by atoms with Crippen LogP contribution in [0.25, 0.3) is 0 Å². The normalized spacial score (nSPS) is 12.8. The van der Waals surface area contributed by atoms with Crippen LogP contribution in [0, 0.1) is 0 Å². The Balaban J connectivity index is 2.28.